The summed E-state index contributed by atoms with van der Waals surface area (Å²) >= 11 is 1.98. The first-order valence-electron chi connectivity index (χ1n) is 7.72. The van der Waals surface area contributed by atoms with E-state index in [9.17, 15) is 5.21 Å². The van der Waals surface area contributed by atoms with Crippen molar-refractivity contribution in [3.63, 3.8) is 0 Å². The van der Waals surface area contributed by atoms with Gasteiger partial charge in [0.15, 0.2) is 0 Å². The van der Waals surface area contributed by atoms with E-state index in [1.165, 1.54) is 29.5 Å². The van der Waals surface area contributed by atoms with Crippen molar-refractivity contribution < 1.29 is 9.62 Å². The van der Waals surface area contributed by atoms with E-state index < -0.39 is 0 Å². The summed E-state index contributed by atoms with van der Waals surface area (Å²) in [6.45, 7) is 0. The number of benzene rings is 1. The van der Waals surface area contributed by atoms with Gasteiger partial charge in [-0.05, 0) is 38.2 Å². The Hall–Kier alpha value is -1.42. The fourth-order valence-corrected chi connectivity index (χ4v) is 3.82. The van der Waals surface area contributed by atoms with Gasteiger partial charge in [-0.25, -0.2) is 0 Å². The second kappa shape index (κ2) is 5.41. The maximum Gasteiger partial charge on any atom is 0.135 e. The average molecular weight is 301 g/mol. The van der Waals surface area contributed by atoms with Gasteiger partial charge in [-0.15, -0.1) is 0 Å². The van der Waals surface area contributed by atoms with E-state index in [2.05, 4.69) is 17.3 Å². The van der Waals surface area contributed by atoms with Crippen molar-refractivity contribution in [3.05, 3.63) is 35.1 Å². The van der Waals surface area contributed by atoms with Crippen LogP contribution in [-0.4, -0.2) is 21.9 Å². The third-order valence-electron chi connectivity index (χ3n) is 4.52. The monoisotopic (exact) mass is 301 g/mol. The van der Waals surface area contributed by atoms with Gasteiger partial charge in [0.25, 0.3) is 0 Å². The van der Waals surface area contributed by atoms with Gasteiger partial charge in [-0.2, -0.15) is 11.8 Å². The first-order chi connectivity index (χ1) is 10.3. The summed E-state index contributed by atoms with van der Waals surface area (Å²) in [6.07, 6.45) is 6.59. The van der Waals surface area contributed by atoms with Crippen LogP contribution in [0.1, 0.15) is 42.6 Å². The molecule has 4 rings (SSSR count). The van der Waals surface area contributed by atoms with E-state index in [0.717, 1.165) is 53.6 Å². The van der Waals surface area contributed by atoms with Crippen LogP contribution in [0, 0.1) is 0 Å². The molecule has 2 aromatic rings. The molecule has 1 aromatic heterocycles. The van der Waals surface area contributed by atoms with Gasteiger partial charge in [0.1, 0.15) is 11.3 Å². The van der Waals surface area contributed by atoms with Crippen molar-refractivity contribution >= 4 is 28.4 Å². The Labute approximate surface area is 128 Å². The summed E-state index contributed by atoms with van der Waals surface area (Å²) < 4.78 is 6.02. The van der Waals surface area contributed by atoms with Crippen LogP contribution in [-0.2, 0) is 12.8 Å². The smallest absolute Gasteiger partial charge is 0.135 e. The van der Waals surface area contributed by atoms with E-state index in [-0.39, 0.29) is 0 Å². The number of aryl methyl sites for hydroxylation is 2. The summed E-state index contributed by atoms with van der Waals surface area (Å²) in [5.74, 6) is 2.41. The lowest BCUT2D eigenvalue weighted by Crippen LogP contribution is -2.02. The topological polar surface area (TPSA) is 45.7 Å². The largest absolute Gasteiger partial charge is 0.461 e. The lowest BCUT2D eigenvalue weighted by atomic mass is 9.95. The maximum absolute atomic E-state index is 9.30. The van der Waals surface area contributed by atoms with Gasteiger partial charge in [-0.1, -0.05) is 17.3 Å². The Balaban J connectivity index is 1.65. The predicted molar refractivity (Wildman–Crippen MR) is 86.7 cm³/mol. The molecule has 2 heterocycles. The maximum atomic E-state index is 9.30. The Morgan fingerprint density at radius 2 is 2.19 bits per heavy atom. The Morgan fingerprint density at radius 3 is 3.00 bits per heavy atom. The van der Waals surface area contributed by atoms with Crippen molar-refractivity contribution in [1.82, 2.24) is 0 Å². The highest BCUT2D eigenvalue weighted by Crippen LogP contribution is 2.35. The molecule has 0 amide bonds. The van der Waals surface area contributed by atoms with Crippen LogP contribution in [0.2, 0.25) is 0 Å². The zero-order valence-electron chi connectivity index (χ0n) is 12.0. The minimum absolute atomic E-state index is 0.765. The summed E-state index contributed by atoms with van der Waals surface area (Å²) in [4.78, 5) is 0. The minimum atomic E-state index is 0.765. The van der Waals surface area contributed by atoms with Crippen molar-refractivity contribution in [1.29, 1.82) is 0 Å². The van der Waals surface area contributed by atoms with Gasteiger partial charge >= 0.3 is 0 Å². The molecule has 0 saturated carbocycles. The Kier molecular flexibility index (Phi) is 3.42. The van der Waals surface area contributed by atoms with Crippen LogP contribution in [0.25, 0.3) is 11.0 Å². The van der Waals surface area contributed by atoms with Crippen LogP contribution >= 0.6 is 11.8 Å². The molecule has 0 spiro atoms. The molecule has 1 aromatic carbocycles. The van der Waals surface area contributed by atoms with Gasteiger partial charge < -0.3 is 9.62 Å². The zero-order chi connectivity index (χ0) is 14.2. The first-order valence-corrected chi connectivity index (χ1v) is 8.77. The number of rotatable bonds is 4. The molecule has 110 valence electrons. The zero-order valence-corrected chi connectivity index (χ0v) is 12.8. The number of thioether (sulfide) groups is 1. The molecule has 21 heavy (non-hydrogen) atoms. The third kappa shape index (κ3) is 2.57. The number of nitrogens with zero attached hydrogens (tertiary/aromatic N) is 1. The molecule has 0 bridgehead atoms. The average Bonchev–Trinajstić information content (AvgIpc) is 3.27. The normalized spacial score (nSPS) is 21.5. The second-order valence-electron chi connectivity index (χ2n) is 5.96. The third-order valence-corrected chi connectivity index (χ3v) is 5.56. The molecule has 1 atom stereocenters. The van der Waals surface area contributed by atoms with Gasteiger partial charge in [0.2, 0.25) is 0 Å². The molecule has 2 aliphatic rings. The molecule has 1 saturated heterocycles. The minimum Gasteiger partial charge on any atom is -0.461 e. The van der Waals surface area contributed by atoms with Gasteiger partial charge in [-0.3, -0.25) is 0 Å². The quantitative estimate of drug-likeness (QED) is 0.394. The molecular weight excluding hydrogens is 282 g/mol. The highest BCUT2D eigenvalue weighted by molar-refractivity contribution is 8.06. The number of fused-ring (bicyclic) bond motifs is 3. The first kappa shape index (κ1) is 13.3. The Bertz CT molecular complexity index is 700. The van der Waals surface area contributed by atoms with E-state index in [4.69, 9.17) is 4.42 Å². The van der Waals surface area contributed by atoms with Crippen molar-refractivity contribution in [2.24, 2.45) is 5.16 Å². The lowest BCUT2D eigenvalue weighted by molar-refractivity contribution is 0.318. The van der Waals surface area contributed by atoms with Crippen LogP contribution in [0.15, 0.2) is 27.8 Å². The summed E-state index contributed by atoms with van der Waals surface area (Å²) in [6, 6.07) is 6.25. The molecule has 1 fully saturated rings. The van der Waals surface area contributed by atoms with Crippen LogP contribution in [0.5, 0.6) is 0 Å². The van der Waals surface area contributed by atoms with E-state index in [0.29, 0.717) is 0 Å². The molecule has 1 unspecified atom stereocenters. The van der Waals surface area contributed by atoms with Crippen LogP contribution in [0.4, 0.5) is 0 Å². The molecule has 1 aliphatic heterocycles. The van der Waals surface area contributed by atoms with E-state index in [1.807, 2.05) is 17.8 Å². The van der Waals surface area contributed by atoms with Crippen molar-refractivity contribution in [2.45, 2.75) is 43.8 Å². The predicted octanol–water partition coefficient (Wildman–Crippen LogP) is 4.39. The standard InChI is InChI=1S/C17H19NO2S/c19-18-15(8-6-12-10-21-12)11-5-7-14-13-3-1-2-4-16(13)20-17(14)9-11/h5,7,9,12,19H,1-4,6,8,10H2/b18-15-. The number of hydrogen-bond donors (Lipinski definition) is 1. The van der Waals surface area contributed by atoms with Crippen LogP contribution in [0.3, 0.4) is 0 Å². The fourth-order valence-electron chi connectivity index (χ4n) is 3.23. The van der Waals surface area contributed by atoms with E-state index >= 15 is 0 Å². The molecule has 4 heteroatoms. The molecule has 3 nitrogen and oxygen atoms in total. The number of oxime groups is 1. The Morgan fingerprint density at radius 1 is 1.33 bits per heavy atom. The van der Waals surface area contributed by atoms with E-state index in [1.54, 1.807) is 0 Å². The van der Waals surface area contributed by atoms with Crippen molar-refractivity contribution in [2.75, 3.05) is 5.75 Å². The molecule has 0 radical (unpaired) electrons. The number of furan rings is 1. The van der Waals surface area contributed by atoms with Gasteiger partial charge in [0, 0.05) is 33.9 Å². The number of hydrogen-bond acceptors (Lipinski definition) is 4. The second-order valence-corrected chi connectivity index (χ2v) is 7.30. The SMILES string of the molecule is O/N=C(/CCC1CS1)c1ccc2c3c(oc2c1)CCCC3. The summed E-state index contributed by atoms with van der Waals surface area (Å²) in [5.41, 5.74) is 4.10. The molecular formula is C17H19NO2S. The van der Waals surface area contributed by atoms with Crippen molar-refractivity contribution in [3.8, 4) is 0 Å². The lowest BCUT2D eigenvalue weighted by Gasteiger charge is -2.08. The summed E-state index contributed by atoms with van der Waals surface area (Å²) in [7, 11) is 0. The fraction of sp³-hybridized carbons (Fsp3) is 0.471. The highest BCUT2D eigenvalue weighted by Gasteiger charge is 2.23. The highest BCUT2D eigenvalue weighted by atomic mass is 32.2. The van der Waals surface area contributed by atoms with Gasteiger partial charge in [0.05, 0.1) is 5.71 Å². The molecule has 1 aliphatic carbocycles. The summed E-state index contributed by atoms with van der Waals surface area (Å²) in [5, 5.41) is 14.8. The van der Waals surface area contributed by atoms with Crippen LogP contribution < -0.4 is 0 Å². The molecule has 1 N–H and O–H groups in total.